The first kappa shape index (κ1) is 12.7. The number of nitrogens with one attached hydrogen (secondary N) is 2. The summed E-state index contributed by atoms with van der Waals surface area (Å²) in [6, 6.07) is 11.5. The highest BCUT2D eigenvalue weighted by Gasteiger charge is 2.03. The van der Waals surface area contributed by atoms with E-state index >= 15 is 0 Å². The van der Waals surface area contributed by atoms with Crippen molar-refractivity contribution < 1.29 is 9.53 Å². The monoisotopic (exact) mass is 308 g/mol. The standard InChI is InChI=1S/C13H13BrN2O2/c14-11-6-12(15-7-11)8-16-13(17)18-9-10-4-2-1-3-5-10/h1-7,15H,8-9H2,(H,16,17). The molecule has 0 aliphatic heterocycles. The number of ether oxygens (including phenoxy) is 1. The van der Waals surface area contributed by atoms with Crippen molar-refractivity contribution in [2.24, 2.45) is 0 Å². The summed E-state index contributed by atoms with van der Waals surface area (Å²) in [7, 11) is 0. The van der Waals surface area contributed by atoms with Crippen LogP contribution in [0.15, 0.2) is 47.1 Å². The van der Waals surface area contributed by atoms with Crippen LogP contribution < -0.4 is 5.32 Å². The Hall–Kier alpha value is -1.75. The first-order valence-electron chi connectivity index (χ1n) is 5.51. The number of aromatic amines is 1. The van der Waals surface area contributed by atoms with Crippen LogP contribution in [-0.4, -0.2) is 11.1 Å². The van der Waals surface area contributed by atoms with Gasteiger partial charge in [0.05, 0.1) is 6.54 Å². The summed E-state index contributed by atoms with van der Waals surface area (Å²) in [5, 5.41) is 2.67. The van der Waals surface area contributed by atoms with Crippen molar-refractivity contribution in [2.75, 3.05) is 0 Å². The normalized spacial score (nSPS) is 10.1. The van der Waals surface area contributed by atoms with Crippen LogP contribution in [0.3, 0.4) is 0 Å². The largest absolute Gasteiger partial charge is 0.445 e. The summed E-state index contributed by atoms with van der Waals surface area (Å²) < 4.78 is 6.04. The number of carbonyl (C=O) groups is 1. The van der Waals surface area contributed by atoms with Crippen LogP contribution in [-0.2, 0) is 17.9 Å². The Balaban J connectivity index is 1.73. The SMILES string of the molecule is O=C(NCc1cc(Br)c[nH]1)OCc1ccccc1. The molecule has 0 spiro atoms. The minimum absolute atomic E-state index is 0.279. The lowest BCUT2D eigenvalue weighted by atomic mass is 10.2. The number of rotatable bonds is 4. The number of hydrogen-bond donors (Lipinski definition) is 2. The zero-order chi connectivity index (χ0) is 12.8. The molecule has 0 atom stereocenters. The molecule has 2 N–H and O–H groups in total. The second-order valence-corrected chi connectivity index (χ2v) is 4.67. The molecular weight excluding hydrogens is 296 g/mol. The number of H-pyrrole nitrogens is 1. The molecule has 18 heavy (non-hydrogen) atoms. The van der Waals surface area contributed by atoms with Crippen molar-refractivity contribution in [2.45, 2.75) is 13.2 Å². The van der Waals surface area contributed by atoms with Crippen LogP contribution in [0.2, 0.25) is 0 Å². The molecule has 0 fully saturated rings. The van der Waals surface area contributed by atoms with Gasteiger partial charge >= 0.3 is 6.09 Å². The van der Waals surface area contributed by atoms with Gasteiger partial charge in [0.15, 0.2) is 0 Å². The van der Waals surface area contributed by atoms with Crippen molar-refractivity contribution in [1.82, 2.24) is 10.3 Å². The van der Waals surface area contributed by atoms with Crippen molar-refractivity contribution in [3.05, 3.63) is 58.3 Å². The molecule has 0 aliphatic carbocycles. The Kier molecular flexibility index (Phi) is 4.41. The van der Waals surface area contributed by atoms with Crippen LogP contribution in [0.5, 0.6) is 0 Å². The minimum Gasteiger partial charge on any atom is -0.445 e. The van der Waals surface area contributed by atoms with Crippen LogP contribution in [0.4, 0.5) is 4.79 Å². The molecule has 1 heterocycles. The Bertz CT molecular complexity index is 511. The van der Waals surface area contributed by atoms with Gasteiger partial charge in [0.25, 0.3) is 0 Å². The summed E-state index contributed by atoms with van der Waals surface area (Å²) in [4.78, 5) is 14.5. The first-order chi connectivity index (χ1) is 8.74. The van der Waals surface area contributed by atoms with E-state index in [2.05, 4.69) is 26.2 Å². The minimum atomic E-state index is -0.426. The topological polar surface area (TPSA) is 54.1 Å². The highest BCUT2D eigenvalue weighted by molar-refractivity contribution is 9.10. The molecule has 2 aromatic rings. The fourth-order valence-corrected chi connectivity index (χ4v) is 1.85. The lowest BCUT2D eigenvalue weighted by Gasteiger charge is -2.06. The summed E-state index contributed by atoms with van der Waals surface area (Å²) in [5.41, 5.74) is 1.88. The molecule has 0 saturated heterocycles. The van der Waals surface area contributed by atoms with Gasteiger partial charge in [-0.25, -0.2) is 4.79 Å². The molecular formula is C13H13BrN2O2. The quantitative estimate of drug-likeness (QED) is 0.911. The number of amides is 1. The second kappa shape index (κ2) is 6.26. The molecule has 0 saturated carbocycles. The van der Waals surface area contributed by atoms with Gasteiger partial charge < -0.3 is 15.0 Å². The molecule has 1 aromatic heterocycles. The Morgan fingerprint density at radius 1 is 1.33 bits per heavy atom. The molecule has 94 valence electrons. The van der Waals surface area contributed by atoms with E-state index in [9.17, 15) is 4.79 Å². The molecule has 0 radical (unpaired) electrons. The fraction of sp³-hybridized carbons (Fsp3) is 0.154. The number of alkyl carbamates (subject to hydrolysis) is 1. The number of benzene rings is 1. The number of carbonyl (C=O) groups excluding carboxylic acids is 1. The van der Waals surface area contributed by atoms with Crippen LogP contribution >= 0.6 is 15.9 Å². The third-order valence-electron chi connectivity index (χ3n) is 2.34. The summed E-state index contributed by atoms with van der Waals surface area (Å²) in [5.74, 6) is 0. The average molecular weight is 309 g/mol. The molecule has 0 aliphatic rings. The number of hydrogen-bond acceptors (Lipinski definition) is 2. The summed E-state index contributed by atoms with van der Waals surface area (Å²) in [6.45, 7) is 0.695. The van der Waals surface area contributed by atoms with E-state index in [1.807, 2.05) is 42.6 Å². The van der Waals surface area contributed by atoms with Gasteiger partial charge in [0.2, 0.25) is 0 Å². The van der Waals surface area contributed by atoms with E-state index in [-0.39, 0.29) is 6.61 Å². The predicted molar refractivity (Wildman–Crippen MR) is 72.0 cm³/mol. The fourth-order valence-electron chi connectivity index (χ4n) is 1.46. The predicted octanol–water partition coefficient (Wildman–Crippen LogP) is 3.20. The van der Waals surface area contributed by atoms with E-state index < -0.39 is 6.09 Å². The zero-order valence-corrected chi connectivity index (χ0v) is 11.2. The van der Waals surface area contributed by atoms with E-state index in [1.54, 1.807) is 0 Å². The molecule has 0 unspecified atom stereocenters. The van der Waals surface area contributed by atoms with Crippen LogP contribution in [0, 0.1) is 0 Å². The molecule has 4 nitrogen and oxygen atoms in total. The van der Waals surface area contributed by atoms with Gasteiger partial charge in [0, 0.05) is 16.4 Å². The molecule has 0 bridgehead atoms. The van der Waals surface area contributed by atoms with Crippen molar-refractivity contribution in [1.29, 1.82) is 0 Å². The van der Waals surface area contributed by atoms with Gasteiger partial charge in [-0.1, -0.05) is 30.3 Å². The smallest absolute Gasteiger partial charge is 0.407 e. The van der Waals surface area contributed by atoms with E-state index in [0.29, 0.717) is 6.54 Å². The second-order valence-electron chi connectivity index (χ2n) is 3.76. The van der Waals surface area contributed by atoms with E-state index in [0.717, 1.165) is 15.7 Å². The summed E-state index contributed by atoms with van der Waals surface area (Å²) >= 11 is 3.33. The van der Waals surface area contributed by atoms with E-state index in [4.69, 9.17) is 4.74 Å². The highest BCUT2D eigenvalue weighted by Crippen LogP contribution is 2.10. The average Bonchev–Trinajstić information content (AvgIpc) is 2.81. The molecule has 1 amide bonds. The van der Waals surface area contributed by atoms with Gasteiger partial charge in [0.1, 0.15) is 6.61 Å². The third-order valence-corrected chi connectivity index (χ3v) is 2.80. The first-order valence-corrected chi connectivity index (χ1v) is 6.30. The highest BCUT2D eigenvalue weighted by atomic mass is 79.9. The van der Waals surface area contributed by atoms with Crippen molar-refractivity contribution in [3.8, 4) is 0 Å². The maximum atomic E-state index is 11.4. The third kappa shape index (κ3) is 3.92. The number of aromatic nitrogens is 1. The van der Waals surface area contributed by atoms with Crippen LogP contribution in [0.1, 0.15) is 11.3 Å². The maximum Gasteiger partial charge on any atom is 0.407 e. The van der Waals surface area contributed by atoms with Gasteiger partial charge in [-0.2, -0.15) is 0 Å². The van der Waals surface area contributed by atoms with Gasteiger partial charge in [-0.3, -0.25) is 0 Å². The van der Waals surface area contributed by atoms with Crippen molar-refractivity contribution >= 4 is 22.0 Å². The zero-order valence-electron chi connectivity index (χ0n) is 9.65. The lowest BCUT2D eigenvalue weighted by Crippen LogP contribution is -2.23. The molecule has 5 heteroatoms. The van der Waals surface area contributed by atoms with Crippen LogP contribution in [0.25, 0.3) is 0 Å². The Labute approximate surface area is 113 Å². The number of halogens is 1. The van der Waals surface area contributed by atoms with E-state index in [1.165, 1.54) is 0 Å². The lowest BCUT2D eigenvalue weighted by molar-refractivity contribution is 0.139. The Morgan fingerprint density at radius 3 is 2.78 bits per heavy atom. The van der Waals surface area contributed by atoms with Gasteiger partial charge in [-0.05, 0) is 27.6 Å². The maximum absolute atomic E-state index is 11.4. The molecule has 1 aromatic carbocycles. The van der Waals surface area contributed by atoms with Crippen molar-refractivity contribution in [3.63, 3.8) is 0 Å². The Morgan fingerprint density at radius 2 is 2.11 bits per heavy atom. The van der Waals surface area contributed by atoms with Gasteiger partial charge in [-0.15, -0.1) is 0 Å². The summed E-state index contributed by atoms with van der Waals surface area (Å²) in [6.07, 6.45) is 1.39. The molecule has 2 rings (SSSR count).